The first-order valence-corrected chi connectivity index (χ1v) is 8.03. The smallest absolute Gasteiger partial charge is 0.329 e. The normalized spacial score (nSPS) is 15.7. The molecule has 25 heavy (non-hydrogen) atoms. The Hall–Kier alpha value is -2.37. The number of carbonyl (C=O) groups is 1. The molecule has 2 nitrogen and oxygen atoms in total. The lowest BCUT2D eigenvalue weighted by Crippen LogP contribution is -2.35. The highest BCUT2D eigenvalue weighted by atomic mass is 19.4. The third-order valence-electron chi connectivity index (χ3n) is 4.36. The van der Waals surface area contributed by atoms with Crippen molar-refractivity contribution in [2.75, 3.05) is 0 Å². The van der Waals surface area contributed by atoms with Crippen LogP contribution in [0.4, 0.5) is 17.6 Å². The quantitative estimate of drug-likeness (QED) is 0.693. The van der Waals surface area contributed by atoms with E-state index < -0.39 is 23.6 Å². The average Bonchev–Trinajstić information content (AvgIpc) is 3.39. The maximum atomic E-state index is 13.4. The Morgan fingerprint density at radius 3 is 2.40 bits per heavy atom. The van der Waals surface area contributed by atoms with Crippen molar-refractivity contribution in [2.24, 2.45) is 0 Å². The van der Waals surface area contributed by atoms with Crippen molar-refractivity contribution in [1.29, 1.82) is 0 Å². The fraction of sp³-hybridized carbons (Fsp3) is 0.316. The number of carbonyl (C=O) groups excluding carboxylic acids is 1. The van der Waals surface area contributed by atoms with Crippen molar-refractivity contribution in [3.8, 4) is 0 Å². The highest BCUT2D eigenvalue weighted by Crippen LogP contribution is 2.37. The van der Waals surface area contributed by atoms with Crippen LogP contribution < -0.4 is 0 Å². The summed E-state index contributed by atoms with van der Waals surface area (Å²) in [6.07, 6.45) is -2.85. The summed E-state index contributed by atoms with van der Waals surface area (Å²) in [7, 11) is 0. The van der Waals surface area contributed by atoms with E-state index in [1.165, 1.54) is 24.3 Å². The van der Waals surface area contributed by atoms with E-state index in [1.54, 1.807) is 17.9 Å². The molecule has 0 radical (unpaired) electrons. The third kappa shape index (κ3) is 3.83. The fourth-order valence-electron chi connectivity index (χ4n) is 2.92. The van der Waals surface area contributed by atoms with Crippen LogP contribution in [0.5, 0.6) is 0 Å². The topological polar surface area (TPSA) is 20.3 Å². The predicted octanol–water partition coefficient (Wildman–Crippen LogP) is 5.21. The van der Waals surface area contributed by atoms with Crippen molar-refractivity contribution >= 4 is 5.91 Å². The number of hydrogen-bond acceptors (Lipinski definition) is 1. The molecule has 3 rings (SSSR count). The van der Waals surface area contributed by atoms with Gasteiger partial charge < -0.3 is 4.90 Å². The van der Waals surface area contributed by atoms with Crippen LogP contribution in [0.3, 0.4) is 0 Å². The van der Waals surface area contributed by atoms with Crippen LogP contribution in [0.25, 0.3) is 0 Å². The van der Waals surface area contributed by atoms with Gasteiger partial charge in [-0.2, -0.15) is 13.2 Å². The lowest BCUT2D eigenvalue weighted by molar-refractivity contribution is -0.137. The molecular weight excluding hydrogens is 334 g/mol. The molecule has 0 saturated heterocycles. The van der Waals surface area contributed by atoms with Crippen LogP contribution in [-0.4, -0.2) is 16.8 Å². The van der Waals surface area contributed by atoms with Gasteiger partial charge in [-0.25, -0.2) is 4.39 Å². The zero-order valence-corrected chi connectivity index (χ0v) is 13.6. The fourth-order valence-corrected chi connectivity index (χ4v) is 2.92. The minimum Gasteiger partial charge on any atom is -0.329 e. The van der Waals surface area contributed by atoms with E-state index in [4.69, 9.17) is 0 Å². The van der Waals surface area contributed by atoms with Crippen LogP contribution >= 0.6 is 0 Å². The Labute approximate surface area is 143 Å². The molecule has 1 fully saturated rings. The number of nitrogens with zero attached hydrogens (tertiary/aromatic N) is 1. The van der Waals surface area contributed by atoms with Crippen LogP contribution in [0.2, 0.25) is 0 Å². The predicted molar refractivity (Wildman–Crippen MR) is 85.5 cm³/mol. The van der Waals surface area contributed by atoms with Crippen LogP contribution in [0.15, 0.2) is 48.5 Å². The highest BCUT2D eigenvalue weighted by Gasteiger charge is 2.37. The van der Waals surface area contributed by atoms with Gasteiger partial charge in [-0.05, 0) is 55.7 Å². The van der Waals surface area contributed by atoms with Gasteiger partial charge in [0, 0.05) is 11.6 Å². The number of alkyl halides is 3. The molecule has 1 amide bonds. The maximum Gasteiger partial charge on any atom is 0.416 e. The van der Waals surface area contributed by atoms with Gasteiger partial charge in [-0.15, -0.1) is 0 Å². The van der Waals surface area contributed by atoms with Gasteiger partial charge in [0.25, 0.3) is 5.91 Å². The van der Waals surface area contributed by atoms with Gasteiger partial charge in [0.05, 0.1) is 11.6 Å². The van der Waals surface area contributed by atoms with E-state index >= 15 is 0 Å². The molecule has 0 bridgehead atoms. The molecule has 2 aromatic carbocycles. The summed E-state index contributed by atoms with van der Waals surface area (Å²) in [5.74, 6) is -0.889. The minimum absolute atomic E-state index is 0.0275. The number of rotatable bonds is 4. The van der Waals surface area contributed by atoms with E-state index in [2.05, 4.69) is 0 Å². The third-order valence-corrected chi connectivity index (χ3v) is 4.36. The monoisotopic (exact) mass is 351 g/mol. The molecule has 0 aliphatic heterocycles. The Balaban J connectivity index is 1.92. The van der Waals surface area contributed by atoms with Gasteiger partial charge in [0.2, 0.25) is 0 Å². The summed E-state index contributed by atoms with van der Waals surface area (Å²) in [6, 6.07) is 9.78. The second kappa shape index (κ2) is 6.50. The average molecular weight is 351 g/mol. The van der Waals surface area contributed by atoms with E-state index in [0.29, 0.717) is 5.56 Å². The minimum atomic E-state index is -4.44. The Morgan fingerprint density at radius 1 is 1.12 bits per heavy atom. The van der Waals surface area contributed by atoms with Crippen molar-refractivity contribution in [2.45, 2.75) is 38.0 Å². The van der Waals surface area contributed by atoms with Gasteiger partial charge in [-0.3, -0.25) is 4.79 Å². The summed E-state index contributed by atoms with van der Waals surface area (Å²) in [4.78, 5) is 14.4. The molecule has 1 saturated carbocycles. The number of amides is 1. The van der Waals surface area contributed by atoms with Crippen molar-refractivity contribution in [1.82, 2.24) is 4.90 Å². The van der Waals surface area contributed by atoms with E-state index in [0.717, 1.165) is 31.0 Å². The standard InChI is InChI=1S/C19H17F4NO/c1-12(13-4-2-6-15(10-13)19(21,22)23)24(17-8-9-17)18(25)14-5-3-7-16(20)11-14/h2-7,10-12,17H,8-9H2,1H3/t12-/m0/s1. The Bertz CT molecular complexity index is 783. The summed E-state index contributed by atoms with van der Waals surface area (Å²) < 4.78 is 52.3. The Kier molecular flexibility index (Phi) is 4.54. The first-order chi connectivity index (χ1) is 11.8. The first kappa shape index (κ1) is 17.5. The molecule has 1 aliphatic rings. The van der Waals surface area contributed by atoms with Gasteiger partial charge in [0.15, 0.2) is 0 Å². The lowest BCUT2D eigenvalue weighted by Gasteiger charge is -2.30. The molecular formula is C19H17F4NO. The second-order valence-corrected chi connectivity index (χ2v) is 6.25. The van der Waals surface area contributed by atoms with E-state index in [-0.39, 0.29) is 17.5 Å². The molecule has 1 aliphatic carbocycles. The Morgan fingerprint density at radius 2 is 1.80 bits per heavy atom. The highest BCUT2D eigenvalue weighted by molar-refractivity contribution is 5.95. The molecule has 0 unspecified atom stereocenters. The van der Waals surface area contributed by atoms with E-state index in [9.17, 15) is 22.4 Å². The van der Waals surface area contributed by atoms with Crippen molar-refractivity contribution in [3.63, 3.8) is 0 Å². The SMILES string of the molecule is C[C@@H](c1cccc(C(F)(F)F)c1)N(C(=O)c1cccc(F)c1)C1CC1. The maximum absolute atomic E-state index is 13.4. The van der Waals surface area contributed by atoms with Gasteiger partial charge in [0.1, 0.15) is 5.82 Å². The van der Waals surface area contributed by atoms with Crippen LogP contribution in [0.1, 0.15) is 47.3 Å². The molecule has 0 spiro atoms. The lowest BCUT2D eigenvalue weighted by atomic mass is 10.0. The first-order valence-electron chi connectivity index (χ1n) is 8.03. The number of halogens is 4. The summed E-state index contributed by atoms with van der Waals surface area (Å²) in [5, 5.41) is 0. The molecule has 2 aromatic rings. The second-order valence-electron chi connectivity index (χ2n) is 6.25. The summed E-state index contributed by atoms with van der Waals surface area (Å²) in [5.41, 5.74) is -0.136. The summed E-state index contributed by atoms with van der Waals surface area (Å²) in [6.45, 7) is 1.70. The largest absolute Gasteiger partial charge is 0.416 e. The zero-order valence-electron chi connectivity index (χ0n) is 13.6. The van der Waals surface area contributed by atoms with Crippen molar-refractivity contribution in [3.05, 3.63) is 71.0 Å². The van der Waals surface area contributed by atoms with Crippen molar-refractivity contribution < 1.29 is 22.4 Å². The van der Waals surface area contributed by atoms with Crippen LogP contribution in [-0.2, 0) is 6.18 Å². The molecule has 132 valence electrons. The number of hydrogen-bond donors (Lipinski definition) is 0. The molecule has 0 N–H and O–H groups in total. The molecule has 6 heteroatoms. The molecule has 1 atom stereocenters. The number of benzene rings is 2. The van der Waals surface area contributed by atoms with Gasteiger partial charge >= 0.3 is 6.18 Å². The molecule has 0 aromatic heterocycles. The molecule has 0 heterocycles. The van der Waals surface area contributed by atoms with Gasteiger partial charge in [-0.1, -0.05) is 18.2 Å². The zero-order chi connectivity index (χ0) is 18.2. The van der Waals surface area contributed by atoms with Crippen LogP contribution in [0, 0.1) is 5.82 Å². The van der Waals surface area contributed by atoms with E-state index in [1.807, 2.05) is 0 Å². The summed E-state index contributed by atoms with van der Waals surface area (Å²) >= 11 is 0.